The molecule has 1 aromatic heterocycles. The van der Waals surface area contributed by atoms with E-state index in [4.69, 9.17) is 0 Å². The van der Waals surface area contributed by atoms with E-state index < -0.39 is 6.10 Å². The number of hydrogen-bond acceptors (Lipinski definition) is 3. The second kappa shape index (κ2) is 5.29. The molecule has 0 fully saturated rings. The Morgan fingerprint density at radius 3 is 2.71 bits per heavy atom. The molecule has 0 saturated heterocycles. The highest BCUT2D eigenvalue weighted by molar-refractivity contribution is 9.10. The SMILES string of the molecule is Cc1nc(Cc2ccccc2Br)sc1C(C)O. The van der Waals surface area contributed by atoms with Gasteiger partial charge in [0.2, 0.25) is 0 Å². The van der Waals surface area contributed by atoms with Crippen molar-refractivity contribution >= 4 is 27.3 Å². The molecule has 1 heterocycles. The summed E-state index contributed by atoms with van der Waals surface area (Å²) in [5.74, 6) is 0. The average Bonchev–Trinajstić information content (AvgIpc) is 2.63. The zero-order valence-electron chi connectivity index (χ0n) is 9.77. The summed E-state index contributed by atoms with van der Waals surface area (Å²) in [6, 6.07) is 8.15. The summed E-state index contributed by atoms with van der Waals surface area (Å²) < 4.78 is 1.10. The van der Waals surface area contributed by atoms with E-state index in [1.807, 2.05) is 25.1 Å². The maximum absolute atomic E-state index is 9.60. The first kappa shape index (κ1) is 12.7. The molecule has 0 aliphatic carbocycles. The lowest BCUT2D eigenvalue weighted by atomic mass is 10.2. The fraction of sp³-hybridized carbons (Fsp3) is 0.308. The minimum atomic E-state index is -0.430. The number of thiazole rings is 1. The van der Waals surface area contributed by atoms with Crippen molar-refractivity contribution in [3.05, 3.63) is 49.9 Å². The Kier molecular flexibility index (Phi) is 3.97. The minimum Gasteiger partial charge on any atom is -0.388 e. The Bertz CT molecular complexity index is 522. The van der Waals surface area contributed by atoms with Gasteiger partial charge in [0.05, 0.1) is 21.7 Å². The second-order valence-corrected chi connectivity index (χ2v) is 5.97. The largest absolute Gasteiger partial charge is 0.388 e. The lowest BCUT2D eigenvalue weighted by Crippen LogP contribution is -1.89. The maximum Gasteiger partial charge on any atom is 0.0976 e. The normalized spacial score (nSPS) is 12.7. The number of aryl methyl sites for hydroxylation is 1. The van der Waals surface area contributed by atoms with Crippen molar-refractivity contribution in [2.75, 3.05) is 0 Å². The molecule has 0 amide bonds. The van der Waals surface area contributed by atoms with Crippen LogP contribution in [0.3, 0.4) is 0 Å². The molecular formula is C13H14BrNOS. The van der Waals surface area contributed by atoms with Crippen molar-refractivity contribution in [3.63, 3.8) is 0 Å². The Morgan fingerprint density at radius 2 is 2.12 bits per heavy atom. The van der Waals surface area contributed by atoms with Gasteiger partial charge >= 0.3 is 0 Å². The molecule has 1 aromatic carbocycles. The molecule has 0 saturated carbocycles. The van der Waals surface area contributed by atoms with Crippen LogP contribution in [0.4, 0.5) is 0 Å². The summed E-state index contributed by atoms with van der Waals surface area (Å²) in [5.41, 5.74) is 2.16. The third-order valence-corrected chi connectivity index (χ3v) is 4.66. The van der Waals surface area contributed by atoms with Crippen LogP contribution in [0.15, 0.2) is 28.7 Å². The van der Waals surface area contributed by atoms with Crippen LogP contribution in [0.2, 0.25) is 0 Å². The van der Waals surface area contributed by atoms with E-state index in [2.05, 4.69) is 27.0 Å². The van der Waals surface area contributed by atoms with Gasteiger partial charge < -0.3 is 5.11 Å². The number of aromatic nitrogens is 1. The zero-order valence-corrected chi connectivity index (χ0v) is 12.2. The second-order valence-electron chi connectivity index (χ2n) is 4.00. The van der Waals surface area contributed by atoms with E-state index in [1.165, 1.54) is 5.56 Å². The van der Waals surface area contributed by atoms with Crippen LogP contribution in [0.25, 0.3) is 0 Å². The molecule has 0 spiro atoms. The number of aliphatic hydroxyl groups excluding tert-OH is 1. The van der Waals surface area contributed by atoms with Gasteiger partial charge in [0.25, 0.3) is 0 Å². The molecule has 1 N–H and O–H groups in total. The standard InChI is InChI=1S/C13H14BrNOS/c1-8-13(9(2)16)17-12(15-8)7-10-5-3-4-6-11(10)14/h3-6,9,16H,7H2,1-2H3. The van der Waals surface area contributed by atoms with Crippen LogP contribution < -0.4 is 0 Å². The molecule has 2 aromatic rings. The maximum atomic E-state index is 9.60. The highest BCUT2D eigenvalue weighted by atomic mass is 79.9. The Morgan fingerprint density at radius 1 is 1.41 bits per heavy atom. The highest BCUT2D eigenvalue weighted by Gasteiger charge is 2.12. The molecule has 0 radical (unpaired) electrons. The van der Waals surface area contributed by atoms with E-state index in [9.17, 15) is 5.11 Å². The molecule has 0 bridgehead atoms. The minimum absolute atomic E-state index is 0.430. The van der Waals surface area contributed by atoms with Crippen molar-refractivity contribution in [2.45, 2.75) is 26.4 Å². The number of hydrogen-bond donors (Lipinski definition) is 1. The first-order valence-corrected chi connectivity index (χ1v) is 7.06. The van der Waals surface area contributed by atoms with Crippen LogP contribution in [0, 0.1) is 6.92 Å². The van der Waals surface area contributed by atoms with E-state index in [0.717, 1.165) is 26.5 Å². The van der Waals surface area contributed by atoms with Gasteiger partial charge in [-0.15, -0.1) is 11.3 Å². The van der Waals surface area contributed by atoms with Crippen molar-refractivity contribution in [1.29, 1.82) is 0 Å². The van der Waals surface area contributed by atoms with Crippen molar-refractivity contribution in [1.82, 2.24) is 4.98 Å². The van der Waals surface area contributed by atoms with Gasteiger partial charge in [0.1, 0.15) is 0 Å². The lowest BCUT2D eigenvalue weighted by molar-refractivity contribution is 0.202. The third kappa shape index (κ3) is 2.94. The van der Waals surface area contributed by atoms with Gasteiger partial charge in [0, 0.05) is 10.9 Å². The molecule has 2 nitrogen and oxygen atoms in total. The summed E-state index contributed by atoms with van der Waals surface area (Å²) in [5, 5.41) is 10.6. The number of rotatable bonds is 3. The Hall–Kier alpha value is -0.710. The summed E-state index contributed by atoms with van der Waals surface area (Å²) in [6.07, 6.45) is 0.375. The molecule has 0 aliphatic heterocycles. The van der Waals surface area contributed by atoms with Gasteiger partial charge in [-0.1, -0.05) is 34.1 Å². The number of aliphatic hydroxyl groups is 1. The predicted molar refractivity (Wildman–Crippen MR) is 74.4 cm³/mol. The van der Waals surface area contributed by atoms with Gasteiger partial charge in [0.15, 0.2) is 0 Å². The Balaban J connectivity index is 2.25. The monoisotopic (exact) mass is 311 g/mol. The quantitative estimate of drug-likeness (QED) is 0.933. The first-order chi connectivity index (χ1) is 8.08. The zero-order chi connectivity index (χ0) is 12.4. The molecule has 1 unspecified atom stereocenters. The van der Waals surface area contributed by atoms with E-state index >= 15 is 0 Å². The Labute approximate surface area is 113 Å². The van der Waals surface area contributed by atoms with Crippen LogP contribution in [-0.4, -0.2) is 10.1 Å². The van der Waals surface area contributed by atoms with Crippen molar-refractivity contribution in [2.24, 2.45) is 0 Å². The number of halogens is 1. The predicted octanol–water partition coefficient (Wildman–Crippen LogP) is 3.86. The molecule has 90 valence electrons. The van der Waals surface area contributed by atoms with E-state index in [0.29, 0.717) is 0 Å². The lowest BCUT2D eigenvalue weighted by Gasteiger charge is -2.01. The molecule has 2 rings (SSSR count). The summed E-state index contributed by atoms with van der Waals surface area (Å²) >= 11 is 5.12. The van der Waals surface area contributed by atoms with E-state index in [-0.39, 0.29) is 0 Å². The average molecular weight is 312 g/mol. The number of benzene rings is 1. The fourth-order valence-electron chi connectivity index (χ4n) is 1.73. The van der Waals surface area contributed by atoms with Gasteiger partial charge in [-0.3, -0.25) is 0 Å². The van der Waals surface area contributed by atoms with Crippen molar-refractivity contribution in [3.8, 4) is 0 Å². The summed E-state index contributed by atoms with van der Waals surface area (Å²) in [4.78, 5) is 5.47. The smallest absolute Gasteiger partial charge is 0.0976 e. The molecule has 4 heteroatoms. The third-order valence-electron chi connectivity index (χ3n) is 2.56. The van der Waals surface area contributed by atoms with Gasteiger partial charge in [-0.25, -0.2) is 4.98 Å². The first-order valence-electron chi connectivity index (χ1n) is 5.45. The summed E-state index contributed by atoms with van der Waals surface area (Å²) in [6.45, 7) is 3.73. The fourth-order valence-corrected chi connectivity index (χ4v) is 3.19. The van der Waals surface area contributed by atoms with Gasteiger partial charge in [-0.2, -0.15) is 0 Å². The topological polar surface area (TPSA) is 33.1 Å². The van der Waals surface area contributed by atoms with Crippen LogP contribution in [-0.2, 0) is 6.42 Å². The molecule has 0 aliphatic rings. The molecule has 17 heavy (non-hydrogen) atoms. The van der Waals surface area contributed by atoms with Crippen LogP contribution in [0.5, 0.6) is 0 Å². The summed E-state index contributed by atoms with van der Waals surface area (Å²) in [7, 11) is 0. The van der Waals surface area contributed by atoms with Gasteiger partial charge in [-0.05, 0) is 25.5 Å². The van der Waals surface area contributed by atoms with Crippen LogP contribution >= 0.6 is 27.3 Å². The highest BCUT2D eigenvalue weighted by Crippen LogP contribution is 2.27. The molecule has 1 atom stereocenters. The van der Waals surface area contributed by atoms with E-state index in [1.54, 1.807) is 18.3 Å². The number of nitrogens with zero attached hydrogens (tertiary/aromatic N) is 1. The van der Waals surface area contributed by atoms with Crippen LogP contribution in [0.1, 0.15) is 34.2 Å². The molecular weight excluding hydrogens is 298 g/mol. The van der Waals surface area contributed by atoms with Crippen molar-refractivity contribution < 1.29 is 5.11 Å².